The minimum absolute atomic E-state index is 0.391. The topological polar surface area (TPSA) is 54.8 Å². The molecular formula is C10H9N3O. The third kappa shape index (κ3) is 1.19. The first-order chi connectivity index (χ1) is 6.72. The number of aryl methyl sites for hydroxylation is 2. The zero-order valence-corrected chi connectivity index (χ0v) is 7.98. The summed E-state index contributed by atoms with van der Waals surface area (Å²) in [5.74, 6) is 1.50. The van der Waals surface area contributed by atoms with E-state index >= 15 is 0 Å². The highest BCUT2D eigenvalue weighted by molar-refractivity contribution is 5.60. The number of imidazole rings is 1. The van der Waals surface area contributed by atoms with Crippen LogP contribution in [0.1, 0.15) is 11.5 Å². The van der Waals surface area contributed by atoms with Gasteiger partial charge >= 0.3 is 0 Å². The van der Waals surface area contributed by atoms with Gasteiger partial charge < -0.3 is 8.98 Å². The Morgan fingerprint density at radius 2 is 2.29 bits per heavy atom. The molecule has 0 N–H and O–H groups in total. The normalized spacial score (nSPS) is 10.1. The number of hydrogen-bond donors (Lipinski definition) is 0. The molecule has 14 heavy (non-hydrogen) atoms. The highest BCUT2D eigenvalue weighted by Gasteiger charge is 2.13. The van der Waals surface area contributed by atoms with Crippen LogP contribution in [0, 0.1) is 18.3 Å². The molecule has 4 nitrogen and oxygen atoms in total. The number of hydrogen-bond acceptors (Lipinski definition) is 3. The van der Waals surface area contributed by atoms with E-state index < -0.39 is 0 Å². The molecule has 0 unspecified atom stereocenters. The Balaban J connectivity index is 2.61. The molecule has 2 aromatic heterocycles. The van der Waals surface area contributed by atoms with Crippen LogP contribution >= 0.6 is 0 Å². The fourth-order valence-corrected chi connectivity index (χ4v) is 1.36. The SMILES string of the molecule is Cc1ccc(-c2c(C#N)ncn2C)o1. The summed E-state index contributed by atoms with van der Waals surface area (Å²) in [6, 6.07) is 5.74. The first-order valence-corrected chi connectivity index (χ1v) is 4.20. The Morgan fingerprint density at radius 3 is 2.86 bits per heavy atom. The van der Waals surface area contributed by atoms with Crippen molar-refractivity contribution in [2.45, 2.75) is 6.92 Å². The second-order valence-electron chi connectivity index (χ2n) is 3.07. The Kier molecular flexibility index (Phi) is 1.86. The highest BCUT2D eigenvalue weighted by atomic mass is 16.3. The average molecular weight is 187 g/mol. The van der Waals surface area contributed by atoms with Crippen LogP contribution in [0.15, 0.2) is 22.9 Å². The van der Waals surface area contributed by atoms with Crippen LogP contribution in [-0.2, 0) is 7.05 Å². The molecule has 0 aromatic carbocycles. The van der Waals surface area contributed by atoms with Crippen LogP contribution < -0.4 is 0 Å². The van der Waals surface area contributed by atoms with Crippen molar-refractivity contribution in [2.24, 2.45) is 7.05 Å². The molecule has 4 heteroatoms. The van der Waals surface area contributed by atoms with E-state index in [0.717, 1.165) is 11.5 Å². The van der Waals surface area contributed by atoms with E-state index in [1.807, 2.05) is 32.2 Å². The van der Waals surface area contributed by atoms with Crippen LogP contribution in [0.5, 0.6) is 0 Å². The van der Waals surface area contributed by atoms with Gasteiger partial charge in [-0.05, 0) is 19.1 Å². The number of nitriles is 1. The predicted octanol–water partition coefficient (Wildman–Crippen LogP) is 1.86. The van der Waals surface area contributed by atoms with Crippen molar-refractivity contribution in [2.75, 3.05) is 0 Å². The lowest BCUT2D eigenvalue weighted by Gasteiger charge is -1.97. The number of furan rings is 1. The maximum Gasteiger partial charge on any atom is 0.169 e. The molecule has 2 rings (SSSR count). The molecule has 0 spiro atoms. The molecule has 70 valence electrons. The lowest BCUT2D eigenvalue weighted by atomic mass is 10.3. The van der Waals surface area contributed by atoms with E-state index in [0.29, 0.717) is 11.5 Å². The van der Waals surface area contributed by atoms with Crippen LogP contribution in [0.4, 0.5) is 0 Å². The fourth-order valence-electron chi connectivity index (χ4n) is 1.36. The first kappa shape index (κ1) is 8.57. The van der Waals surface area contributed by atoms with Gasteiger partial charge in [0.15, 0.2) is 11.5 Å². The molecular weight excluding hydrogens is 178 g/mol. The molecule has 0 aliphatic carbocycles. The quantitative estimate of drug-likeness (QED) is 0.684. The van der Waals surface area contributed by atoms with Crippen molar-refractivity contribution in [3.8, 4) is 17.5 Å². The molecule has 0 amide bonds. The Hall–Kier alpha value is -2.02. The molecule has 0 aliphatic heterocycles. The maximum absolute atomic E-state index is 8.83. The van der Waals surface area contributed by atoms with E-state index in [1.54, 1.807) is 10.9 Å². The molecule has 0 saturated carbocycles. The first-order valence-electron chi connectivity index (χ1n) is 4.20. The molecule has 0 atom stereocenters. The summed E-state index contributed by atoms with van der Waals surface area (Å²) >= 11 is 0. The summed E-state index contributed by atoms with van der Waals surface area (Å²) in [7, 11) is 1.83. The minimum Gasteiger partial charge on any atom is -0.460 e. The van der Waals surface area contributed by atoms with E-state index in [2.05, 4.69) is 4.98 Å². The van der Waals surface area contributed by atoms with Gasteiger partial charge in [0.2, 0.25) is 0 Å². The molecule has 2 aromatic rings. The average Bonchev–Trinajstić information content (AvgIpc) is 2.71. The van der Waals surface area contributed by atoms with Crippen molar-refractivity contribution >= 4 is 0 Å². The van der Waals surface area contributed by atoms with Crippen LogP contribution in [0.3, 0.4) is 0 Å². The van der Waals surface area contributed by atoms with E-state index in [1.165, 1.54) is 0 Å². The van der Waals surface area contributed by atoms with E-state index in [4.69, 9.17) is 9.68 Å². The van der Waals surface area contributed by atoms with Gasteiger partial charge in [-0.15, -0.1) is 0 Å². The summed E-state index contributed by atoms with van der Waals surface area (Å²) in [5, 5.41) is 8.83. The predicted molar refractivity (Wildman–Crippen MR) is 50.4 cm³/mol. The van der Waals surface area contributed by atoms with Gasteiger partial charge in [0.25, 0.3) is 0 Å². The van der Waals surface area contributed by atoms with Gasteiger partial charge in [-0.2, -0.15) is 5.26 Å². The van der Waals surface area contributed by atoms with Gasteiger partial charge in [-0.3, -0.25) is 0 Å². The maximum atomic E-state index is 8.83. The van der Waals surface area contributed by atoms with Crippen molar-refractivity contribution in [1.82, 2.24) is 9.55 Å². The molecule has 0 fully saturated rings. The molecule has 0 bridgehead atoms. The minimum atomic E-state index is 0.391. The van der Waals surface area contributed by atoms with Gasteiger partial charge in [0, 0.05) is 7.05 Å². The van der Waals surface area contributed by atoms with E-state index in [9.17, 15) is 0 Å². The van der Waals surface area contributed by atoms with Crippen molar-refractivity contribution < 1.29 is 4.42 Å². The number of rotatable bonds is 1. The summed E-state index contributed by atoms with van der Waals surface area (Å²) in [6.07, 6.45) is 1.60. The van der Waals surface area contributed by atoms with Crippen LogP contribution in [0.25, 0.3) is 11.5 Å². The third-order valence-corrected chi connectivity index (χ3v) is 2.02. The second kappa shape index (κ2) is 3.04. The number of aromatic nitrogens is 2. The summed E-state index contributed by atoms with van der Waals surface area (Å²) in [6.45, 7) is 1.87. The molecule has 2 heterocycles. The summed E-state index contributed by atoms with van der Waals surface area (Å²) in [4.78, 5) is 3.96. The lowest BCUT2D eigenvalue weighted by Crippen LogP contribution is -1.89. The molecule has 0 aliphatic rings. The lowest BCUT2D eigenvalue weighted by molar-refractivity contribution is 0.543. The zero-order chi connectivity index (χ0) is 10.1. The van der Waals surface area contributed by atoms with Crippen molar-refractivity contribution in [3.63, 3.8) is 0 Å². The fraction of sp³-hybridized carbons (Fsp3) is 0.200. The highest BCUT2D eigenvalue weighted by Crippen LogP contribution is 2.23. The van der Waals surface area contributed by atoms with Gasteiger partial charge in [0.05, 0.1) is 6.33 Å². The molecule has 0 saturated heterocycles. The van der Waals surface area contributed by atoms with Crippen LogP contribution in [0.2, 0.25) is 0 Å². The Labute approximate surface area is 81.4 Å². The number of nitrogens with zero attached hydrogens (tertiary/aromatic N) is 3. The standard InChI is InChI=1S/C10H9N3O/c1-7-3-4-9(14-7)10-8(5-11)12-6-13(10)2/h3-4,6H,1-2H3. The van der Waals surface area contributed by atoms with Gasteiger partial charge in [0.1, 0.15) is 17.5 Å². The van der Waals surface area contributed by atoms with Gasteiger partial charge in [-0.1, -0.05) is 0 Å². The largest absolute Gasteiger partial charge is 0.460 e. The van der Waals surface area contributed by atoms with Crippen molar-refractivity contribution in [3.05, 3.63) is 29.9 Å². The second-order valence-corrected chi connectivity index (χ2v) is 3.07. The Bertz CT molecular complexity index is 502. The monoisotopic (exact) mass is 187 g/mol. The van der Waals surface area contributed by atoms with Gasteiger partial charge in [-0.25, -0.2) is 4.98 Å². The van der Waals surface area contributed by atoms with Crippen LogP contribution in [-0.4, -0.2) is 9.55 Å². The zero-order valence-electron chi connectivity index (χ0n) is 7.98. The third-order valence-electron chi connectivity index (χ3n) is 2.02. The summed E-state index contributed by atoms with van der Waals surface area (Å²) in [5.41, 5.74) is 1.11. The van der Waals surface area contributed by atoms with Crippen molar-refractivity contribution in [1.29, 1.82) is 5.26 Å². The smallest absolute Gasteiger partial charge is 0.169 e. The Morgan fingerprint density at radius 1 is 1.50 bits per heavy atom. The van der Waals surface area contributed by atoms with E-state index in [-0.39, 0.29) is 0 Å². The molecule has 0 radical (unpaired) electrons. The summed E-state index contributed by atoms with van der Waals surface area (Å²) < 4.78 is 7.21.